The van der Waals surface area contributed by atoms with Crippen LogP contribution in [-0.2, 0) is 0 Å². The van der Waals surface area contributed by atoms with E-state index in [1.807, 2.05) is 12.1 Å². The third kappa shape index (κ3) is 6.06. The van der Waals surface area contributed by atoms with E-state index in [4.69, 9.17) is 19.4 Å². The second kappa shape index (κ2) is 14.7. The van der Waals surface area contributed by atoms with E-state index in [1.54, 1.807) is 0 Å². The standard InChI is InChI=1S/C57H36N4O/c1-3-14-37(15-4-1)39-26-30-41(31-27-39)55-58-56(42-32-28-40(29-33-42)38-16-5-2-6-17-38)60-57(59-55)43-34-35-47-49-22-13-21-48(54(49)62-53(47)36-43)46-20-9-12-25-52(46)61-50-23-10-7-18-44(50)45-19-8-11-24-51(45)61/h1-36H. The van der Waals surface area contributed by atoms with Crippen LogP contribution in [0.1, 0.15) is 0 Å². The summed E-state index contributed by atoms with van der Waals surface area (Å²) >= 11 is 0. The van der Waals surface area contributed by atoms with Crippen molar-refractivity contribution in [1.82, 2.24) is 19.5 Å². The molecule has 3 aromatic heterocycles. The minimum absolute atomic E-state index is 0.573. The lowest BCUT2D eigenvalue weighted by atomic mass is 10.00. The summed E-state index contributed by atoms with van der Waals surface area (Å²) in [5.74, 6) is 1.78. The third-order valence-electron chi connectivity index (χ3n) is 11.9. The number of hydrogen-bond acceptors (Lipinski definition) is 4. The van der Waals surface area contributed by atoms with Crippen molar-refractivity contribution in [1.29, 1.82) is 0 Å². The lowest BCUT2D eigenvalue weighted by Gasteiger charge is -2.14. The topological polar surface area (TPSA) is 56.7 Å². The number of hydrogen-bond donors (Lipinski definition) is 0. The van der Waals surface area contributed by atoms with Crippen LogP contribution in [0.4, 0.5) is 0 Å². The van der Waals surface area contributed by atoms with E-state index < -0.39 is 0 Å². The van der Waals surface area contributed by atoms with Crippen LogP contribution in [0.15, 0.2) is 223 Å². The minimum Gasteiger partial charge on any atom is -0.455 e. The summed E-state index contributed by atoms with van der Waals surface area (Å²) in [5, 5.41) is 4.54. The zero-order valence-electron chi connectivity index (χ0n) is 33.5. The molecule has 5 heteroatoms. The van der Waals surface area contributed by atoms with Crippen molar-refractivity contribution < 1.29 is 4.42 Å². The fourth-order valence-corrected chi connectivity index (χ4v) is 8.88. The van der Waals surface area contributed by atoms with Crippen LogP contribution in [0.5, 0.6) is 0 Å². The van der Waals surface area contributed by atoms with Crippen LogP contribution in [0.2, 0.25) is 0 Å². The summed E-state index contributed by atoms with van der Waals surface area (Å²) in [6.07, 6.45) is 0. The molecular formula is C57H36N4O. The number of nitrogens with zero attached hydrogens (tertiary/aromatic N) is 4. The first-order valence-electron chi connectivity index (χ1n) is 20.8. The van der Waals surface area contributed by atoms with Gasteiger partial charge in [-0.25, -0.2) is 15.0 Å². The Morgan fingerprint density at radius 1 is 0.306 bits per heavy atom. The smallest absolute Gasteiger partial charge is 0.164 e. The third-order valence-corrected chi connectivity index (χ3v) is 11.9. The van der Waals surface area contributed by atoms with Crippen molar-refractivity contribution in [2.75, 3.05) is 0 Å². The molecule has 0 aliphatic heterocycles. The molecule has 0 aliphatic rings. The highest BCUT2D eigenvalue weighted by atomic mass is 16.3. The van der Waals surface area contributed by atoms with E-state index in [-0.39, 0.29) is 0 Å². The molecule has 0 spiro atoms. The van der Waals surface area contributed by atoms with Gasteiger partial charge in [0.05, 0.1) is 16.7 Å². The molecule has 9 aromatic carbocycles. The number of furan rings is 1. The maximum Gasteiger partial charge on any atom is 0.164 e. The molecule has 0 amide bonds. The first kappa shape index (κ1) is 35.5. The second-order valence-corrected chi connectivity index (χ2v) is 15.6. The predicted octanol–water partition coefficient (Wildman–Crippen LogP) is 14.9. The Balaban J connectivity index is 0.985. The quantitative estimate of drug-likeness (QED) is 0.161. The molecule has 0 aliphatic carbocycles. The van der Waals surface area contributed by atoms with Crippen LogP contribution in [0.3, 0.4) is 0 Å². The highest BCUT2D eigenvalue weighted by molar-refractivity contribution is 6.12. The molecule has 0 N–H and O–H groups in total. The van der Waals surface area contributed by atoms with Crippen LogP contribution >= 0.6 is 0 Å². The van der Waals surface area contributed by atoms with Crippen molar-refractivity contribution in [3.8, 4) is 73.2 Å². The molecule has 0 fully saturated rings. The zero-order valence-corrected chi connectivity index (χ0v) is 33.5. The molecule has 0 unspecified atom stereocenters. The molecule has 12 rings (SSSR count). The summed E-state index contributed by atoms with van der Waals surface area (Å²) in [5.41, 5.74) is 14.4. The van der Waals surface area contributed by atoms with E-state index in [1.165, 1.54) is 10.8 Å². The Labute approximate surface area is 357 Å². The second-order valence-electron chi connectivity index (χ2n) is 15.6. The monoisotopic (exact) mass is 792 g/mol. The number of benzene rings is 9. The van der Waals surface area contributed by atoms with Crippen LogP contribution in [0.25, 0.3) is 117 Å². The maximum atomic E-state index is 6.91. The molecule has 0 radical (unpaired) electrons. The molecular weight excluding hydrogens is 757 g/mol. The Morgan fingerprint density at radius 2 is 0.742 bits per heavy atom. The Morgan fingerprint density at radius 3 is 1.34 bits per heavy atom. The summed E-state index contributed by atoms with van der Waals surface area (Å²) in [4.78, 5) is 15.3. The first-order valence-corrected chi connectivity index (χ1v) is 20.8. The number of fused-ring (bicyclic) bond motifs is 6. The fourth-order valence-electron chi connectivity index (χ4n) is 8.88. The van der Waals surface area contributed by atoms with Gasteiger partial charge in [-0.3, -0.25) is 0 Å². The highest BCUT2D eigenvalue weighted by Gasteiger charge is 2.20. The molecule has 290 valence electrons. The van der Waals surface area contributed by atoms with Crippen molar-refractivity contribution in [3.63, 3.8) is 0 Å². The Kier molecular flexibility index (Phi) is 8.42. The highest BCUT2D eigenvalue weighted by Crippen LogP contribution is 2.41. The van der Waals surface area contributed by atoms with Gasteiger partial charge in [0, 0.05) is 49.4 Å². The van der Waals surface area contributed by atoms with Crippen molar-refractivity contribution in [2.45, 2.75) is 0 Å². The average molecular weight is 793 g/mol. The van der Waals surface area contributed by atoms with Gasteiger partial charge in [-0.2, -0.15) is 0 Å². The molecule has 0 saturated carbocycles. The number of aromatic nitrogens is 4. The average Bonchev–Trinajstić information content (AvgIpc) is 3.90. The summed E-state index contributed by atoms with van der Waals surface area (Å²) in [6, 6.07) is 76.2. The largest absolute Gasteiger partial charge is 0.455 e. The predicted molar refractivity (Wildman–Crippen MR) is 254 cm³/mol. The van der Waals surface area contributed by atoms with Crippen molar-refractivity contribution >= 4 is 43.7 Å². The molecule has 0 atom stereocenters. The summed E-state index contributed by atoms with van der Waals surface area (Å²) < 4.78 is 9.28. The lowest BCUT2D eigenvalue weighted by Crippen LogP contribution is -2.00. The molecule has 0 saturated heterocycles. The normalized spacial score (nSPS) is 11.5. The van der Waals surface area contributed by atoms with E-state index >= 15 is 0 Å². The van der Waals surface area contributed by atoms with Gasteiger partial charge in [0.2, 0.25) is 0 Å². The van der Waals surface area contributed by atoms with Gasteiger partial charge in [0.25, 0.3) is 0 Å². The number of para-hydroxylation sites is 4. The van der Waals surface area contributed by atoms with E-state index in [0.717, 1.165) is 88.7 Å². The van der Waals surface area contributed by atoms with E-state index in [2.05, 4.69) is 211 Å². The van der Waals surface area contributed by atoms with Gasteiger partial charge in [-0.1, -0.05) is 188 Å². The fraction of sp³-hybridized carbons (Fsp3) is 0. The first-order chi connectivity index (χ1) is 30.7. The lowest BCUT2D eigenvalue weighted by molar-refractivity contribution is 0.670. The Hall–Kier alpha value is -8.41. The molecule has 62 heavy (non-hydrogen) atoms. The van der Waals surface area contributed by atoms with Gasteiger partial charge in [0.15, 0.2) is 17.5 Å². The SMILES string of the molecule is c1ccc(-c2ccc(-c3nc(-c4ccc(-c5ccccc5)cc4)nc(-c4ccc5c(c4)oc4c(-c6ccccc6-n6c7ccccc7c7ccccc76)cccc45)n3)cc2)cc1. The van der Waals surface area contributed by atoms with Crippen molar-refractivity contribution in [3.05, 3.63) is 218 Å². The minimum atomic E-state index is 0.573. The zero-order chi connectivity index (χ0) is 41.0. The van der Waals surface area contributed by atoms with Gasteiger partial charge >= 0.3 is 0 Å². The van der Waals surface area contributed by atoms with E-state index in [9.17, 15) is 0 Å². The molecule has 5 nitrogen and oxygen atoms in total. The number of rotatable bonds is 7. The Bertz CT molecular complexity index is 3450. The molecule has 3 heterocycles. The van der Waals surface area contributed by atoms with Crippen molar-refractivity contribution in [2.24, 2.45) is 0 Å². The van der Waals surface area contributed by atoms with Crippen LogP contribution in [0, 0.1) is 0 Å². The van der Waals surface area contributed by atoms with Gasteiger partial charge in [-0.05, 0) is 52.6 Å². The van der Waals surface area contributed by atoms with Gasteiger partial charge < -0.3 is 8.98 Å². The van der Waals surface area contributed by atoms with E-state index in [0.29, 0.717) is 17.5 Å². The van der Waals surface area contributed by atoms with Crippen LogP contribution in [-0.4, -0.2) is 19.5 Å². The maximum absolute atomic E-state index is 6.91. The summed E-state index contributed by atoms with van der Waals surface area (Å²) in [7, 11) is 0. The molecule has 12 aromatic rings. The van der Waals surface area contributed by atoms with Gasteiger partial charge in [0.1, 0.15) is 11.2 Å². The summed E-state index contributed by atoms with van der Waals surface area (Å²) in [6.45, 7) is 0. The van der Waals surface area contributed by atoms with Gasteiger partial charge in [-0.15, -0.1) is 0 Å². The molecule has 0 bridgehead atoms. The van der Waals surface area contributed by atoms with Crippen LogP contribution < -0.4 is 0 Å².